The summed E-state index contributed by atoms with van der Waals surface area (Å²) in [5.74, 6) is 0. The van der Waals surface area contributed by atoms with E-state index in [1.54, 1.807) is 0 Å². The first kappa shape index (κ1) is 30.1. The van der Waals surface area contributed by atoms with Gasteiger partial charge in [0.05, 0.1) is 16.1 Å². The summed E-state index contributed by atoms with van der Waals surface area (Å²) >= 11 is 0. The van der Waals surface area contributed by atoms with E-state index in [0.717, 1.165) is 17.0 Å². The van der Waals surface area contributed by atoms with E-state index in [-0.39, 0.29) is 0 Å². The fourth-order valence-corrected chi connectivity index (χ4v) is 27.9. The van der Waals surface area contributed by atoms with Gasteiger partial charge in [0.1, 0.15) is 7.14 Å². The Morgan fingerprint density at radius 2 is 1.16 bits per heavy atom. The van der Waals surface area contributed by atoms with Gasteiger partial charge >= 0.3 is 0 Å². The maximum absolute atomic E-state index is 14.8. The Hall–Kier alpha value is -1.42. The van der Waals surface area contributed by atoms with Crippen LogP contribution in [0.15, 0.2) is 84.5 Å². The zero-order valence-corrected chi connectivity index (χ0v) is 27.4. The zero-order chi connectivity index (χ0) is 27.2. The van der Waals surface area contributed by atoms with Gasteiger partial charge < -0.3 is 4.57 Å². The number of hydrogen-bond acceptors (Lipinski definition) is 1. The van der Waals surface area contributed by atoms with Crippen molar-refractivity contribution in [3.8, 4) is 0 Å². The Balaban J connectivity index is 2.15. The summed E-state index contributed by atoms with van der Waals surface area (Å²) in [6.45, 7) is 19.6. The molecule has 1 nitrogen and oxygen atoms in total. The van der Waals surface area contributed by atoms with Crippen molar-refractivity contribution < 1.29 is 4.57 Å². The van der Waals surface area contributed by atoms with Crippen LogP contribution >= 0.6 is 7.14 Å². The average molecular weight is 551 g/mol. The summed E-state index contributed by atoms with van der Waals surface area (Å²) in [4.78, 5) is 0. The third kappa shape index (κ3) is 5.26. The molecule has 0 saturated heterocycles. The quantitative estimate of drug-likeness (QED) is 0.190. The van der Waals surface area contributed by atoms with Crippen LogP contribution in [0.3, 0.4) is 0 Å². The van der Waals surface area contributed by atoms with Crippen LogP contribution in [0.5, 0.6) is 0 Å². The van der Waals surface area contributed by atoms with Gasteiger partial charge in [0, 0.05) is 16.8 Å². The van der Waals surface area contributed by atoms with E-state index >= 15 is 0 Å². The van der Waals surface area contributed by atoms with Crippen molar-refractivity contribution in [2.45, 2.75) is 102 Å². The number of allylic oxidation sites excluding steroid dienone is 3. The van der Waals surface area contributed by atoms with Crippen LogP contribution in [0.2, 0.25) is 40.9 Å². The molecule has 0 amide bonds. The predicted octanol–water partition coefficient (Wildman–Crippen LogP) is 9.96. The molecule has 202 valence electrons. The molecule has 0 aromatic heterocycles. The van der Waals surface area contributed by atoms with E-state index in [1.807, 2.05) is 36.4 Å². The fourth-order valence-electron chi connectivity index (χ4n) is 8.21. The third-order valence-corrected chi connectivity index (χ3v) is 30.0. The minimum absolute atomic E-state index is 0.507. The van der Waals surface area contributed by atoms with Crippen LogP contribution < -0.4 is 10.6 Å². The van der Waals surface area contributed by atoms with Gasteiger partial charge in [-0.15, -0.1) is 0 Å². The van der Waals surface area contributed by atoms with Gasteiger partial charge in [0.15, 0.2) is 0 Å². The second-order valence-corrected chi connectivity index (χ2v) is 26.0. The Morgan fingerprint density at radius 1 is 0.757 bits per heavy atom. The van der Waals surface area contributed by atoms with Crippen molar-refractivity contribution in [3.05, 3.63) is 84.5 Å². The molecule has 4 heteroatoms. The first-order valence-corrected chi connectivity index (χ1v) is 22.0. The zero-order valence-electron chi connectivity index (χ0n) is 24.5. The number of benzene rings is 2. The molecule has 2 aromatic rings. The van der Waals surface area contributed by atoms with Gasteiger partial charge in [-0.1, -0.05) is 157 Å². The molecule has 0 N–H and O–H groups in total. The Morgan fingerprint density at radius 3 is 1.54 bits per heavy atom. The lowest BCUT2D eigenvalue weighted by atomic mass is 9.89. The van der Waals surface area contributed by atoms with Crippen LogP contribution in [-0.2, 0) is 4.57 Å². The largest absolute Gasteiger partial charge is 0.313 e. The highest BCUT2D eigenvalue weighted by Gasteiger charge is 2.60. The molecule has 37 heavy (non-hydrogen) atoms. The van der Waals surface area contributed by atoms with Crippen molar-refractivity contribution in [3.63, 3.8) is 0 Å². The number of hydrogen-bond donors (Lipinski definition) is 0. The van der Waals surface area contributed by atoms with Crippen molar-refractivity contribution in [1.82, 2.24) is 0 Å². The second kappa shape index (κ2) is 12.6. The summed E-state index contributed by atoms with van der Waals surface area (Å²) in [6, 6.07) is 28.7. The van der Waals surface area contributed by atoms with Crippen molar-refractivity contribution in [2.24, 2.45) is 0 Å². The van der Waals surface area contributed by atoms with E-state index in [1.165, 1.54) is 60.3 Å². The lowest BCUT2D eigenvalue weighted by Crippen LogP contribution is -2.62. The van der Waals surface area contributed by atoms with Gasteiger partial charge in [-0.05, 0) is 29.5 Å². The van der Waals surface area contributed by atoms with Gasteiger partial charge in [-0.3, -0.25) is 0 Å². The van der Waals surface area contributed by atoms with Crippen LogP contribution in [-0.4, -0.2) is 22.3 Å². The maximum Gasteiger partial charge on any atom is 0.146 e. The molecule has 3 rings (SSSR count). The monoisotopic (exact) mass is 550 g/mol. The molecule has 0 unspecified atom stereocenters. The number of rotatable bonds is 12. The van der Waals surface area contributed by atoms with E-state index in [9.17, 15) is 4.57 Å². The molecule has 0 heterocycles. The van der Waals surface area contributed by atoms with Gasteiger partial charge in [-0.25, -0.2) is 0 Å². The Kier molecular flexibility index (Phi) is 10.3. The van der Waals surface area contributed by atoms with Crippen LogP contribution in [0.1, 0.15) is 60.8 Å². The van der Waals surface area contributed by atoms with Gasteiger partial charge in [-0.2, -0.15) is 0 Å². The van der Waals surface area contributed by atoms with E-state index in [2.05, 4.69) is 78.5 Å². The molecular formula is C33H51OPSi2. The van der Waals surface area contributed by atoms with Crippen LogP contribution in [0.25, 0.3) is 0 Å². The van der Waals surface area contributed by atoms with Gasteiger partial charge in [0.25, 0.3) is 0 Å². The molecule has 1 fully saturated rings. The molecule has 0 spiro atoms. The van der Waals surface area contributed by atoms with Crippen molar-refractivity contribution >= 4 is 33.9 Å². The SMILES string of the molecule is C=C1CCC([Si](CC)(CC)CC)([Si](CC)(CC)CC)CC1=CCP(=O)(c1ccccc1)c1ccccc1. The molecule has 1 saturated carbocycles. The van der Waals surface area contributed by atoms with Crippen molar-refractivity contribution in [1.29, 1.82) is 0 Å². The van der Waals surface area contributed by atoms with Gasteiger partial charge in [0.2, 0.25) is 0 Å². The molecule has 0 radical (unpaired) electrons. The van der Waals surface area contributed by atoms with Crippen LogP contribution in [0.4, 0.5) is 0 Å². The lowest BCUT2D eigenvalue weighted by molar-refractivity contribution is 0.557. The van der Waals surface area contributed by atoms with E-state index in [4.69, 9.17) is 0 Å². The summed E-state index contributed by atoms with van der Waals surface area (Å²) in [7, 11) is -5.83. The van der Waals surface area contributed by atoms with E-state index < -0.39 is 23.3 Å². The predicted molar refractivity (Wildman–Crippen MR) is 173 cm³/mol. The molecule has 1 aliphatic rings. The smallest absolute Gasteiger partial charge is 0.146 e. The summed E-state index contributed by atoms with van der Waals surface area (Å²) in [5.41, 5.74) is 2.75. The third-order valence-electron chi connectivity index (χ3n) is 10.8. The molecule has 0 aliphatic heterocycles. The normalized spacial score (nSPS) is 17.8. The molecule has 2 aromatic carbocycles. The maximum atomic E-state index is 14.8. The minimum Gasteiger partial charge on any atom is -0.313 e. The molecular weight excluding hydrogens is 500 g/mol. The topological polar surface area (TPSA) is 17.1 Å². The van der Waals surface area contributed by atoms with E-state index in [0.29, 0.717) is 10.8 Å². The Bertz CT molecular complexity index is 1020. The molecule has 1 aliphatic carbocycles. The highest BCUT2D eigenvalue weighted by Crippen LogP contribution is 2.65. The second-order valence-electron chi connectivity index (χ2n) is 11.4. The van der Waals surface area contributed by atoms with Crippen molar-refractivity contribution in [2.75, 3.05) is 6.16 Å². The summed E-state index contributed by atoms with van der Waals surface area (Å²) in [6.07, 6.45) is 6.64. The molecule has 0 bridgehead atoms. The standard InChI is InChI=1S/C33H51OPSi2/c1-8-36(9-2,10-3)33(37(11-4,12-5)13-6)26-24-29(7)30(28-33)25-27-35(34,31-20-16-14-17-21-31)32-22-18-15-19-23-32/h14-23,25H,7-13,24,26-28H2,1-6H3. The Labute approximate surface area is 230 Å². The highest BCUT2D eigenvalue weighted by atomic mass is 31.2. The minimum atomic E-state index is -2.78. The molecule has 0 atom stereocenters. The van der Waals surface area contributed by atoms with Crippen LogP contribution in [0, 0.1) is 0 Å². The highest BCUT2D eigenvalue weighted by molar-refractivity contribution is 7.78. The first-order chi connectivity index (χ1) is 17.8. The lowest BCUT2D eigenvalue weighted by Gasteiger charge is -2.61. The summed E-state index contributed by atoms with van der Waals surface area (Å²) in [5, 5.41) is 1.93. The average Bonchev–Trinajstić information content (AvgIpc) is 2.96. The summed E-state index contributed by atoms with van der Waals surface area (Å²) < 4.78 is 15.3. The fraction of sp³-hybridized carbons (Fsp3) is 0.515. The first-order valence-electron chi connectivity index (χ1n) is 14.8.